The van der Waals surface area contributed by atoms with E-state index in [1.165, 1.54) is 19.2 Å². The van der Waals surface area contributed by atoms with Gasteiger partial charge in [-0.05, 0) is 30.3 Å². The Morgan fingerprint density at radius 2 is 1.57 bits per heavy atom. The molecule has 0 amide bonds. The summed E-state index contributed by atoms with van der Waals surface area (Å²) in [4.78, 5) is 4.31. The van der Waals surface area contributed by atoms with Gasteiger partial charge in [-0.3, -0.25) is 4.98 Å². The van der Waals surface area contributed by atoms with Crippen LogP contribution >= 0.6 is 12.4 Å². The molecule has 28 heavy (non-hydrogen) atoms. The number of ether oxygens (including phenoxy) is 3. The Balaban J connectivity index is 0.00000225. The lowest BCUT2D eigenvalue weighted by Crippen LogP contribution is -1.94. The van der Waals surface area contributed by atoms with Crippen LogP contribution in [0.25, 0.3) is 21.7 Å². The molecule has 3 aromatic carbocycles. The summed E-state index contributed by atoms with van der Waals surface area (Å²) in [5.74, 6) is 1.02. The molecule has 1 N–H and O–H groups in total. The van der Waals surface area contributed by atoms with Gasteiger partial charge < -0.3 is 19.3 Å². The van der Waals surface area contributed by atoms with Gasteiger partial charge >= 0.3 is 0 Å². The van der Waals surface area contributed by atoms with E-state index in [2.05, 4.69) is 4.98 Å². The number of benzene rings is 3. The number of hydrogen-bond acceptors (Lipinski definition) is 5. The lowest BCUT2D eigenvalue weighted by molar-refractivity contribution is 0.355. The zero-order valence-electron chi connectivity index (χ0n) is 15.1. The summed E-state index contributed by atoms with van der Waals surface area (Å²) in [7, 11) is 3.08. The Bertz CT molecular complexity index is 1170. The molecule has 0 saturated heterocycles. The molecule has 0 bridgehead atoms. The van der Waals surface area contributed by atoms with Gasteiger partial charge in [0.15, 0.2) is 23.1 Å². The maximum absolute atomic E-state index is 14.9. The van der Waals surface area contributed by atoms with Crippen LogP contribution in [0.15, 0.2) is 54.7 Å². The molecule has 0 saturated carbocycles. The number of phenols is 1. The van der Waals surface area contributed by atoms with Crippen molar-refractivity contribution >= 4 is 34.1 Å². The molecule has 0 atom stereocenters. The molecule has 4 aromatic rings. The van der Waals surface area contributed by atoms with E-state index in [9.17, 15) is 9.50 Å². The van der Waals surface area contributed by atoms with Gasteiger partial charge in [0.05, 0.1) is 19.7 Å². The molecule has 0 radical (unpaired) electrons. The Morgan fingerprint density at radius 1 is 0.821 bits per heavy atom. The second kappa shape index (κ2) is 7.78. The number of pyridine rings is 1. The minimum atomic E-state index is -0.547. The second-order valence-electron chi connectivity index (χ2n) is 5.89. The number of fused-ring (bicyclic) bond motifs is 2. The van der Waals surface area contributed by atoms with Gasteiger partial charge in [-0.1, -0.05) is 12.1 Å². The van der Waals surface area contributed by atoms with Crippen molar-refractivity contribution in [3.63, 3.8) is 0 Å². The van der Waals surface area contributed by atoms with E-state index in [-0.39, 0.29) is 29.3 Å². The fourth-order valence-corrected chi connectivity index (χ4v) is 3.02. The first-order valence-electron chi connectivity index (χ1n) is 8.21. The van der Waals surface area contributed by atoms with Gasteiger partial charge in [0, 0.05) is 28.4 Å². The maximum atomic E-state index is 14.9. The predicted molar refractivity (Wildman–Crippen MR) is 108 cm³/mol. The highest BCUT2D eigenvalue weighted by atomic mass is 35.5. The first-order valence-corrected chi connectivity index (χ1v) is 8.21. The number of halogens is 2. The predicted octanol–water partition coefficient (Wildman–Crippen LogP) is 5.46. The zero-order valence-corrected chi connectivity index (χ0v) is 15.9. The van der Waals surface area contributed by atoms with Crippen molar-refractivity contribution in [1.29, 1.82) is 0 Å². The first-order chi connectivity index (χ1) is 13.1. The van der Waals surface area contributed by atoms with E-state index in [4.69, 9.17) is 14.2 Å². The number of methoxy groups -OCH3 is 2. The Morgan fingerprint density at radius 3 is 2.32 bits per heavy atom. The summed E-state index contributed by atoms with van der Waals surface area (Å²) in [6.45, 7) is 0. The van der Waals surface area contributed by atoms with Crippen molar-refractivity contribution in [2.45, 2.75) is 0 Å². The Kier molecular flexibility index (Phi) is 5.42. The normalized spacial score (nSPS) is 10.5. The van der Waals surface area contributed by atoms with E-state index in [1.54, 1.807) is 49.7 Å². The fourth-order valence-electron chi connectivity index (χ4n) is 3.02. The lowest BCUT2D eigenvalue weighted by atomic mass is 10.1. The maximum Gasteiger partial charge on any atom is 0.173 e. The van der Waals surface area contributed by atoms with Gasteiger partial charge in [-0.2, -0.15) is 0 Å². The molecule has 4 rings (SSSR count). The van der Waals surface area contributed by atoms with Crippen LogP contribution in [0.4, 0.5) is 4.39 Å². The summed E-state index contributed by atoms with van der Waals surface area (Å²) < 4.78 is 31.4. The summed E-state index contributed by atoms with van der Waals surface area (Å²) in [5.41, 5.74) is 0.629. The summed E-state index contributed by atoms with van der Waals surface area (Å²) >= 11 is 0. The zero-order chi connectivity index (χ0) is 19.0. The number of rotatable bonds is 4. The summed E-state index contributed by atoms with van der Waals surface area (Å²) in [6.07, 6.45) is 1.58. The van der Waals surface area contributed by atoms with Crippen molar-refractivity contribution in [3.05, 3.63) is 60.5 Å². The minimum absolute atomic E-state index is 0. The van der Waals surface area contributed by atoms with Gasteiger partial charge in [0.25, 0.3) is 0 Å². The van der Waals surface area contributed by atoms with Crippen LogP contribution in [-0.4, -0.2) is 24.3 Å². The molecule has 0 aliphatic carbocycles. The van der Waals surface area contributed by atoms with Crippen LogP contribution in [0.1, 0.15) is 0 Å². The van der Waals surface area contributed by atoms with Crippen molar-refractivity contribution in [3.8, 4) is 28.7 Å². The number of phenolic OH excluding ortho intramolecular Hbond substituents is 1. The third kappa shape index (κ3) is 3.23. The van der Waals surface area contributed by atoms with Crippen molar-refractivity contribution in [2.24, 2.45) is 0 Å². The van der Waals surface area contributed by atoms with Gasteiger partial charge in [-0.15, -0.1) is 12.4 Å². The molecular formula is C21H17ClFNO4. The number of aromatic nitrogens is 1. The van der Waals surface area contributed by atoms with Gasteiger partial charge in [0.1, 0.15) is 11.5 Å². The molecule has 144 valence electrons. The fraction of sp³-hybridized carbons (Fsp3) is 0.0952. The van der Waals surface area contributed by atoms with Crippen LogP contribution in [0.3, 0.4) is 0 Å². The molecule has 5 nitrogen and oxygen atoms in total. The minimum Gasteiger partial charge on any atom is -0.507 e. The standard InChI is InChI=1S/C21H16FNO4.ClH/c1-25-19-10-14-15(11-20(19)26-2)23-9-8-17(14)27-18-7-6-12-13(21(18)22)4-3-5-16(12)24;/h3-11,24H,1-2H3;1H. The molecule has 0 spiro atoms. The van der Waals surface area contributed by atoms with E-state index >= 15 is 0 Å². The van der Waals surface area contributed by atoms with E-state index in [0.717, 1.165) is 0 Å². The molecule has 1 heterocycles. The topological polar surface area (TPSA) is 60.8 Å². The van der Waals surface area contributed by atoms with Gasteiger partial charge in [0.2, 0.25) is 0 Å². The van der Waals surface area contributed by atoms with Crippen LogP contribution in [0.2, 0.25) is 0 Å². The smallest absolute Gasteiger partial charge is 0.173 e. The number of aromatic hydroxyl groups is 1. The SMILES string of the molecule is COc1cc2nccc(Oc3ccc4c(O)cccc4c3F)c2cc1OC.Cl. The van der Waals surface area contributed by atoms with Crippen LogP contribution in [-0.2, 0) is 0 Å². The molecule has 0 aliphatic heterocycles. The highest BCUT2D eigenvalue weighted by Crippen LogP contribution is 2.39. The Labute approximate surface area is 166 Å². The van der Waals surface area contributed by atoms with Crippen molar-refractivity contribution in [1.82, 2.24) is 4.98 Å². The van der Waals surface area contributed by atoms with Crippen LogP contribution in [0.5, 0.6) is 28.7 Å². The van der Waals surface area contributed by atoms with Crippen molar-refractivity contribution in [2.75, 3.05) is 14.2 Å². The number of nitrogens with zero attached hydrogens (tertiary/aromatic N) is 1. The van der Waals surface area contributed by atoms with E-state index in [0.29, 0.717) is 33.5 Å². The molecule has 0 aliphatic rings. The third-order valence-corrected chi connectivity index (χ3v) is 4.36. The summed E-state index contributed by atoms with van der Waals surface area (Å²) in [5, 5.41) is 11.2. The van der Waals surface area contributed by atoms with E-state index in [1.807, 2.05) is 0 Å². The van der Waals surface area contributed by atoms with Gasteiger partial charge in [-0.25, -0.2) is 4.39 Å². The van der Waals surface area contributed by atoms with Crippen LogP contribution < -0.4 is 14.2 Å². The quantitative estimate of drug-likeness (QED) is 0.491. The molecule has 7 heteroatoms. The highest BCUT2D eigenvalue weighted by molar-refractivity contribution is 5.91. The van der Waals surface area contributed by atoms with E-state index < -0.39 is 5.82 Å². The summed E-state index contributed by atoms with van der Waals surface area (Å²) in [6, 6.07) is 12.9. The third-order valence-electron chi connectivity index (χ3n) is 4.36. The highest BCUT2D eigenvalue weighted by Gasteiger charge is 2.15. The molecule has 0 fully saturated rings. The second-order valence-corrected chi connectivity index (χ2v) is 5.89. The molecular weight excluding hydrogens is 385 g/mol. The molecule has 0 unspecified atom stereocenters. The lowest BCUT2D eigenvalue weighted by Gasteiger charge is -2.13. The largest absolute Gasteiger partial charge is 0.507 e. The number of hydrogen-bond donors (Lipinski definition) is 1. The van der Waals surface area contributed by atoms with Crippen molar-refractivity contribution < 1.29 is 23.7 Å². The average molecular weight is 402 g/mol. The first kappa shape index (κ1) is 19.5. The van der Waals surface area contributed by atoms with Crippen LogP contribution in [0, 0.1) is 5.82 Å². The average Bonchev–Trinajstić information content (AvgIpc) is 2.69. The Hall–Kier alpha value is -3.25. The monoisotopic (exact) mass is 401 g/mol. The molecule has 1 aromatic heterocycles.